The van der Waals surface area contributed by atoms with Crippen LogP contribution in [0.4, 0.5) is 0 Å². The molecule has 0 aliphatic carbocycles. The van der Waals surface area contributed by atoms with Crippen LogP contribution < -0.4 is 15.2 Å². The number of nitrogens with one attached hydrogen (secondary N) is 1. The molecule has 0 saturated carbocycles. The number of primary amides is 1. The van der Waals surface area contributed by atoms with Crippen LogP contribution in [0.5, 0.6) is 5.88 Å². The van der Waals surface area contributed by atoms with Gasteiger partial charge in [-0.1, -0.05) is 54.6 Å². The van der Waals surface area contributed by atoms with Gasteiger partial charge in [0.2, 0.25) is 15.9 Å². The van der Waals surface area contributed by atoms with Crippen molar-refractivity contribution in [3.63, 3.8) is 0 Å². The Morgan fingerprint density at radius 2 is 1.70 bits per heavy atom. The van der Waals surface area contributed by atoms with Crippen molar-refractivity contribution in [1.29, 1.82) is 0 Å². The van der Waals surface area contributed by atoms with Crippen molar-refractivity contribution in [2.45, 2.75) is 13.5 Å². The lowest BCUT2D eigenvalue weighted by molar-refractivity contribution is -0.121. The number of nitrogens with zero attached hydrogens (tertiary/aromatic N) is 2. The van der Waals surface area contributed by atoms with Crippen molar-refractivity contribution in [1.82, 2.24) is 14.3 Å². The van der Waals surface area contributed by atoms with E-state index in [9.17, 15) is 22.8 Å². The molecule has 0 aliphatic heterocycles. The number of amides is 2. The smallest absolute Gasteiger partial charge is 0.289 e. The van der Waals surface area contributed by atoms with E-state index in [1.165, 1.54) is 6.20 Å². The third-order valence-electron chi connectivity index (χ3n) is 5.72. The molecule has 2 aromatic heterocycles. The molecule has 11 heteroatoms. The van der Waals surface area contributed by atoms with Crippen molar-refractivity contribution in [2.75, 3.05) is 12.9 Å². The number of fused-ring (bicyclic) bond motifs is 1. The number of benzene rings is 2. The van der Waals surface area contributed by atoms with E-state index in [1.54, 1.807) is 17.7 Å². The second kappa shape index (κ2) is 10.2. The Kier molecular flexibility index (Phi) is 7.07. The molecular weight excluding hydrogens is 496 g/mol. The van der Waals surface area contributed by atoms with Gasteiger partial charge < -0.3 is 15.0 Å². The van der Waals surface area contributed by atoms with Gasteiger partial charge in [0.15, 0.2) is 6.61 Å². The molecular formula is C26H24N4O6S. The molecule has 0 saturated heterocycles. The maximum absolute atomic E-state index is 12.9. The zero-order chi connectivity index (χ0) is 26.7. The minimum atomic E-state index is -3.79. The van der Waals surface area contributed by atoms with Gasteiger partial charge in [-0.3, -0.25) is 19.1 Å². The van der Waals surface area contributed by atoms with Crippen LogP contribution in [0, 0.1) is 6.92 Å². The third-order valence-corrected chi connectivity index (χ3v) is 6.32. The average molecular weight is 521 g/mol. The van der Waals surface area contributed by atoms with Crippen LogP contribution in [0.3, 0.4) is 0 Å². The van der Waals surface area contributed by atoms with Gasteiger partial charge in [-0.05, 0) is 29.7 Å². The molecule has 0 aliphatic rings. The first-order valence-electron chi connectivity index (χ1n) is 11.2. The SMILES string of the molecule is Cc1c(C(=O)C(N)=O)c2c(OCC(=O)NS(C)(=O)=O)nccc2n1Cc1ccccc1-c1ccccc1. The highest BCUT2D eigenvalue weighted by Crippen LogP contribution is 2.34. The molecule has 4 aromatic rings. The fraction of sp³-hybridized carbons (Fsp3) is 0.154. The summed E-state index contributed by atoms with van der Waals surface area (Å²) in [6, 6.07) is 19.3. The van der Waals surface area contributed by atoms with Crippen LogP contribution in [-0.2, 0) is 26.2 Å². The summed E-state index contributed by atoms with van der Waals surface area (Å²) < 4.78 is 31.8. The van der Waals surface area contributed by atoms with E-state index in [1.807, 2.05) is 59.2 Å². The summed E-state index contributed by atoms with van der Waals surface area (Å²) in [7, 11) is -3.79. The zero-order valence-electron chi connectivity index (χ0n) is 20.1. The van der Waals surface area contributed by atoms with Crippen molar-refractivity contribution in [3.8, 4) is 17.0 Å². The Balaban J connectivity index is 1.83. The highest BCUT2D eigenvalue weighted by atomic mass is 32.2. The highest BCUT2D eigenvalue weighted by Gasteiger charge is 2.27. The summed E-state index contributed by atoms with van der Waals surface area (Å²) in [4.78, 5) is 40.9. The van der Waals surface area contributed by atoms with E-state index in [0.29, 0.717) is 17.8 Å². The first-order chi connectivity index (χ1) is 17.6. The number of Topliss-reactive ketones (excluding diaryl/α,β-unsaturated/α-hetero) is 1. The highest BCUT2D eigenvalue weighted by molar-refractivity contribution is 7.89. The fourth-order valence-corrected chi connectivity index (χ4v) is 4.67. The molecule has 2 heterocycles. The minimum absolute atomic E-state index is 0.00585. The topological polar surface area (TPSA) is 150 Å². The number of carbonyl (C=O) groups is 3. The van der Waals surface area contributed by atoms with Gasteiger partial charge >= 0.3 is 0 Å². The molecule has 0 unspecified atom stereocenters. The van der Waals surface area contributed by atoms with Crippen LogP contribution in [0.1, 0.15) is 21.6 Å². The molecule has 3 N–H and O–H groups in total. The van der Waals surface area contributed by atoms with Gasteiger partial charge in [0, 0.05) is 18.4 Å². The summed E-state index contributed by atoms with van der Waals surface area (Å²) in [5, 5.41) is 0.202. The largest absolute Gasteiger partial charge is 0.467 e. The Hall–Kier alpha value is -4.51. The number of pyridine rings is 1. The number of hydrogen-bond donors (Lipinski definition) is 2. The second-order valence-electron chi connectivity index (χ2n) is 8.36. The first-order valence-corrected chi connectivity index (χ1v) is 13.0. The number of carbonyl (C=O) groups excluding carboxylic acids is 3. The normalized spacial score (nSPS) is 11.3. The van der Waals surface area contributed by atoms with Gasteiger partial charge in [-0.2, -0.15) is 0 Å². The van der Waals surface area contributed by atoms with Gasteiger partial charge in [0.25, 0.3) is 17.6 Å². The maximum atomic E-state index is 12.9. The lowest BCUT2D eigenvalue weighted by Crippen LogP contribution is -2.33. The standard InChI is InChI=1S/C26H24N4O6S/c1-16-22(24(32)25(27)33)23-20(12-13-28-26(23)36-15-21(31)29-37(2,34)35)30(16)14-18-10-6-7-11-19(18)17-8-4-3-5-9-17/h3-13H,14-15H2,1-2H3,(H2,27,33)(H,29,31). The molecule has 37 heavy (non-hydrogen) atoms. The molecule has 2 amide bonds. The third kappa shape index (κ3) is 5.51. The minimum Gasteiger partial charge on any atom is -0.467 e. The Bertz CT molecular complexity index is 1630. The predicted octanol–water partition coefficient (Wildman–Crippen LogP) is 2.18. The number of rotatable bonds is 9. The van der Waals surface area contributed by atoms with E-state index in [4.69, 9.17) is 10.5 Å². The van der Waals surface area contributed by atoms with Crippen molar-refractivity contribution in [2.24, 2.45) is 5.73 Å². The van der Waals surface area contributed by atoms with E-state index >= 15 is 0 Å². The number of aromatic nitrogens is 2. The van der Waals surface area contributed by atoms with Crippen molar-refractivity contribution >= 4 is 38.5 Å². The van der Waals surface area contributed by atoms with Crippen LogP contribution in [0.25, 0.3) is 22.0 Å². The summed E-state index contributed by atoms with van der Waals surface area (Å²) in [5.74, 6) is -3.12. The second-order valence-corrected chi connectivity index (χ2v) is 10.1. The lowest BCUT2D eigenvalue weighted by atomic mass is 9.99. The lowest BCUT2D eigenvalue weighted by Gasteiger charge is -2.14. The summed E-state index contributed by atoms with van der Waals surface area (Å²) in [5.41, 5.74) is 9.30. The summed E-state index contributed by atoms with van der Waals surface area (Å²) >= 11 is 0. The molecule has 10 nitrogen and oxygen atoms in total. The maximum Gasteiger partial charge on any atom is 0.289 e. The number of hydrogen-bond acceptors (Lipinski definition) is 7. The monoisotopic (exact) mass is 520 g/mol. The fourth-order valence-electron chi connectivity index (χ4n) is 4.20. The Morgan fingerprint density at radius 1 is 1.03 bits per heavy atom. The van der Waals surface area contributed by atoms with E-state index in [0.717, 1.165) is 22.9 Å². The van der Waals surface area contributed by atoms with Crippen LogP contribution in [-0.4, -0.2) is 48.4 Å². The number of sulfonamides is 1. The molecule has 0 fully saturated rings. The number of ether oxygens (including phenoxy) is 1. The molecule has 190 valence electrons. The van der Waals surface area contributed by atoms with Gasteiger partial charge in [0.05, 0.1) is 22.7 Å². The van der Waals surface area contributed by atoms with Crippen LogP contribution >= 0.6 is 0 Å². The quantitative estimate of drug-likeness (QED) is 0.254. The van der Waals surface area contributed by atoms with Crippen LogP contribution in [0.2, 0.25) is 0 Å². The summed E-state index contributed by atoms with van der Waals surface area (Å²) in [6.07, 6.45) is 2.27. The van der Waals surface area contributed by atoms with Gasteiger partial charge in [-0.25, -0.2) is 13.4 Å². The van der Waals surface area contributed by atoms with E-state index in [2.05, 4.69) is 4.98 Å². The van der Waals surface area contributed by atoms with Crippen molar-refractivity contribution < 1.29 is 27.5 Å². The molecule has 0 bridgehead atoms. The number of nitrogens with two attached hydrogens (primary N) is 1. The van der Waals surface area contributed by atoms with Gasteiger partial charge in [-0.15, -0.1) is 0 Å². The Morgan fingerprint density at radius 3 is 2.38 bits per heavy atom. The average Bonchev–Trinajstić information content (AvgIpc) is 3.13. The molecule has 4 rings (SSSR count). The van der Waals surface area contributed by atoms with Gasteiger partial charge in [0.1, 0.15) is 0 Å². The molecule has 0 radical (unpaired) electrons. The molecule has 0 spiro atoms. The van der Waals surface area contributed by atoms with E-state index in [-0.39, 0.29) is 16.8 Å². The van der Waals surface area contributed by atoms with E-state index < -0.39 is 34.2 Å². The first kappa shape index (κ1) is 25.6. The summed E-state index contributed by atoms with van der Waals surface area (Å²) in [6.45, 7) is 1.35. The molecule has 2 aromatic carbocycles. The van der Waals surface area contributed by atoms with Crippen molar-refractivity contribution in [3.05, 3.63) is 83.7 Å². The number of ketones is 1. The van der Waals surface area contributed by atoms with Crippen LogP contribution in [0.15, 0.2) is 66.9 Å². The zero-order valence-corrected chi connectivity index (χ0v) is 20.9. The predicted molar refractivity (Wildman–Crippen MR) is 137 cm³/mol. The molecule has 0 atom stereocenters. The Labute approximate surface area is 213 Å².